The van der Waals surface area contributed by atoms with Crippen LogP contribution in [0.15, 0.2) is 24.4 Å². The summed E-state index contributed by atoms with van der Waals surface area (Å²) in [6.45, 7) is 0. The van der Waals surface area contributed by atoms with Crippen molar-refractivity contribution in [3.63, 3.8) is 0 Å². The zero-order chi connectivity index (χ0) is 11.8. The van der Waals surface area contributed by atoms with Gasteiger partial charge < -0.3 is 5.11 Å². The van der Waals surface area contributed by atoms with Gasteiger partial charge in [0.25, 0.3) is 0 Å². The number of aromatic carboxylic acids is 1. The third kappa shape index (κ3) is 1.69. The molecule has 1 N–H and O–H groups in total. The zero-order valence-corrected chi connectivity index (χ0v) is 9.47. The van der Waals surface area contributed by atoms with Crippen LogP contribution < -0.4 is 0 Å². The van der Waals surface area contributed by atoms with Gasteiger partial charge in [0.2, 0.25) is 0 Å². The minimum Gasteiger partial charge on any atom is -0.477 e. The number of carbonyl (C=O) groups is 1. The number of pyridine rings is 1. The van der Waals surface area contributed by atoms with E-state index >= 15 is 0 Å². The van der Waals surface area contributed by atoms with E-state index in [0.717, 1.165) is 11.3 Å². The van der Waals surface area contributed by atoms with Gasteiger partial charge in [0.1, 0.15) is 11.3 Å². The second kappa shape index (κ2) is 3.87. The molecule has 3 rings (SSSR count). The topological polar surface area (TPSA) is 54.6 Å². The molecule has 0 amide bonds. The summed E-state index contributed by atoms with van der Waals surface area (Å²) in [6.07, 6.45) is 6.74. The Kier molecular flexibility index (Phi) is 2.35. The van der Waals surface area contributed by atoms with Crippen LogP contribution in [-0.2, 0) is 0 Å². The monoisotopic (exact) mass is 230 g/mol. The number of hydrogen-bond donors (Lipinski definition) is 1. The van der Waals surface area contributed by atoms with Gasteiger partial charge in [-0.25, -0.2) is 9.78 Å². The molecule has 0 atom stereocenters. The fraction of sp³-hybridized carbons (Fsp3) is 0.385. The molecule has 17 heavy (non-hydrogen) atoms. The van der Waals surface area contributed by atoms with Gasteiger partial charge in [-0.3, -0.25) is 4.40 Å². The molecule has 4 nitrogen and oxygen atoms in total. The summed E-state index contributed by atoms with van der Waals surface area (Å²) >= 11 is 0. The maximum atomic E-state index is 11.1. The van der Waals surface area contributed by atoms with E-state index in [0.29, 0.717) is 5.92 Å². The Morgan fingerprint density at radius 2 is 2.12 bits per heavy atom. The van der Waals surface area contributed by atoms with Crippen LogP contribution in [0.1, 0.15) is 47.8 Å². The molecular weight excluding hydrogens is 216 g/mol. The number of rotatable bonds is 2. The second-order valence-corrected chi connectivity index (χ2v) is 4.59. The number of hydrogen-bond acceptors (Lipinski definition) is 2. The van der Waals surface area contributed by atoms with Crippen molar-refractivity contribution in [2.75, 3.05) is 0 Å². The average Bonchev–Trinajstić information content (AvgIpc) is 2.96. The summed E-state index contributed by atoms with van der Waals surface area (Å²) < 4.78 is 1.68. The van der Waals surface area contributed by atoms with Crippen molar-refractivity contribution in [3.05, 3.63) is 35.8 Å². The van der Waals surface area contributed by atoms with Gasteiger partial charge in [-0.05, 0) is 25.0 Å². The molecule has 1 fully saturated rings. The lowest BCUT2D eigenvalue weighted by Gasteiger charge is -2.02. The molecular formula is C13H14N2O2. The van der Waals surface area contributed by atoms with Gasteiger partial charge in [0.05, 0.1) is 5.69 Å². The maximum Gasteiger partial charge on any atom is 0.352 e. The van der Waals surface area contributed by atoms with Crippen molar-refractivity contribution in [2.45, 2.75) is 31.6 Å². The summed E-state index contributed by atoms with van der Waals surface area (Å²) in [5, 5.41) is 9.11. The standard InChI is InChI=1S/C13H14N2O2/c16-13(17)11-6-3-7-12-14-10(8-15(11)12)9-4-1-2-5-9/h3,6-9H,1-2,4-5H2,(H,16,17). The molecule has 88 valence electrons. The van der Waals surface area contributed by atoms with Gasteiger partial charge in [-0.1, -0.05) is 18.9 Å². The molecule has 2 aromatic rings. The molecule has 2 heterocycles. The first-order valence-corrected chi connectivity index (χ1v) is 5.97. The van der Waals surface area contributed by atoms with Crippen molar-refractivity contribution in [1.82, 2.24) is 9.38 Å². The van der Waals surface area contributed by atoms with Gasteiger partial charge >= 0.3 is 5.97 Å². The normalized spacial score (nSPS) is 16.7. The Hall–Kier alpha value is -1.84. The second-order valence-electron chi connectivity index (χ2n) is 4.59. The lowest BCUT2D eigenvalue weighted by Crippen LogP contribution is -2.03. The first-order valence-electron chi connectivity index (χ1n) is 5.97. The van der Waals surface area contributed by atoms with Crippen molar-refractivity contribution in [3.8, 4) is 0 Å². The highest BCUT2D eigenvalue weighted by Crippen LogP contribution is 2.33. The highest BCUT2D eigenvalue weighted by atomic mass is 16.4. The van der Waals surface area contributed by atoms with E-state index in [1.165, 1.54) is 25.7 Å². The molecule has 1 saturated carbocycles. The lowest BCUT2D eigenvalue weighted by atomic mass is 10.1. The minimum atomic E-state index is -0.911. The van der Waals surface area contributed by atoms with Crippen LogP contribution in [0.25, 0.3) is 5.65 Å². The number of carboxylic acids is 1. The number of carboxylic acid groups (broad SMARTS) is 1. The van der Waals surface area contributed by atoms with Crippen LogP contribution in [0.3, 0.4) is 0 Å². The first kappa shape index (κ1) is 10.3. The minimum absolute atomic E-state index is 0.277. The van der Waals surface area contributed by atoms with Gasteiger partial charge in [0, 0.05) is 12.1 Å². The van der Waals surface area contributed by atoms with Crippen molar-refractivity contribution < 1.29 is 9.90 Å². The summed E-state index contributed by atoms with van der Waals surface area (Å²) in [4.78, 5) is 15.6. The first-order chi connectivity index (χ1) is 8.25. The zero-order valence-electron chi connectivity index (χ0n) is 9.47. The molecule has 0 aliphatic heterocycles. The molecule has 0 bridgehead atoms. The lowest BCUT2D eigenvalue weighted by molar-refractivity contribution is 0.0689. The molecule has 0 aromatic carbocycles. The van der Waals surface area contributed by atoms with Gasteiger partial charge in [0.15, 0.2) is 0 Å². The Morgan fingerprint density at radius 1 is 1.35 bits per heavy atom. The highest BCUT2D eigenvalue weighted by Gasteiger charge is 2.20. The number of imidazole rings is 1. The SMILES string of the molecule is O=C(O)c1cccc2nc(C3CCCC3)cn12. The van der Waals surface area contributed by atoms with Gasteiger partial charge in [-0.15, -0.1) is 0 Å². The van der Waals surface area contributed by atoms with E-state index < -0.39 is 5.97 Å². The van der Waals surface area contributed by atoms with Gasteiger partial charge in [-0.2, -0.15) is 0 Å². The molecule has 0 spiro atoms. The maximum absolute atomic E-state index is 11.1. The molecule has 4 heteroatoms. The molecule has 1 aliphatic carbocycles. The summed E-state index contributed by atoms with van der Waals surface area (Å²) in [5.41, 5.74) is 2.04. The van der Waals surface area contributed by atoms with Crippen LogP contribution in [-0.4, -0.2) is 20.5 Å². The smallest absolute Gasteiger partial charge is 0.352 e. The highest BCUT2D eigenvalue weighted by molar-refractivity contribution is 5.86. The van der Waals surface area contributed by atoms with E-state index in [1.807, 2.05) is 12.3 Å². The summed E-state index contributed by atoms with van der Waals surface area (Å²) in [7, 11) is 0. The Morgan fingerprint density at radius 3 is 2.82 bits per heavy atom. The molecule has 1 aliphatic rings. The fourth-order valence-corrected chi connectivity index (χ4v) is 2.62. The van der Waals surface area contributed by atoms with E-state index in [2.05, 4.69) is 4.98 Å². The Bertz CT molecular complexity index is 568. The van der Waals surface area contributed by atoms with Crippen LogP contribution in [0.2, 0.25) is 0 Å². The quantitative estimate of drug-likeness (QED) is 0.862. The van der Waals surface area contributed by atoms with Crippen LogP contribution in [0.5, 0.6) is 0 Å². The van der Waals surface area contributed by atoms with Crippen LogP contribution >= 0.6 is 0 Å². The molecule has 0 saturated heterocycles. The Labute approximate surface area is 98.9 Å². The summed E-state index contributed by atoms with van der Waals surface area (Å²) in [5.74, 6) is -0.400. The van der Waals surface area contributed by atoms with Crippen molar-refractivity contribution in [1.29, 1.82) is 0 Å². The molecule has 0 unspecified atom stereocenters. The predicted octanol–water partition coefficient (Wildman–Crippen LogP) is 2.69. The van der Waals surface area contributed by atoms with E-state index in [4.69, 9.17) is 5.11 Å². The van der Waals surface area contributed by atoms with E-state index in [-0.39, 0.29) is 5.69 Å². The molecule has 2 aromatic heterocycles. The van der Waals surface area contributed by atoms with E-state index in [9.17, 15) is 4.79 Å². The van der Waals surface area contributed by atoms with Crippen LogP contribution in [0.4, 0.5) is 0 Å². The third-order valence-electron chi connectivity index (χ3n) is 3.50. The number of nitrogens with zero attached hydrogens (tertiary/aromatic N) is 2. The largest absolute Gasteiger partial charge is 0.477 e. The van der Waals surface area contributed by atoms with Crippen molar-refractivity contribution >= 4 is 11.6 Å². The van der Waals surface area contributed by atoms with Crippen molar-refractivity contribution in [2.24, 2.45) is 0 Å². The predicted molar refractivity (Wildman–Crippen MR) is 63.4 cm³/mol. The number of aromatic nitrogens is 2. The fourth-order valence-electron chi connectivity index (χ4n) is 2.62. The third-order valence-corrected chi connectivity index (χ3v) is 3.50. The number of fused-ring (bicyclic) bond motifs is 1. The van der Waals surface area contributed by atoms with E-state index in [1.54, 1.807) is 16.5 Å². The molecule has 0 radical (unpaired) electrons. The van der Waals surface area contributed by atoms with Crippen LogP contribution in [0, 0.1) is 0 Å². The summed E-state index contributed by atoms with van der Waals surface area (Å²) in [6, 6.07) is 5.20. The average molecular weight is 230 g/mol. The Balaban J connectivity index is 2.11.